The number of fused-ring (bicyclic) bond motifs is 2. The molecule has 0 amide bonds. The van der Waals surface area contributed by atoms with Crippen molar-refractivity contribution in [3.63, 3.8) is 0 Å². The quantitative estimate of drug-likeness (QED) is 0.212. The highest BCUT2D eigenvalue weighted by Crippen LogP contribution is 2.32. The summed E-state index contributed by atoms with van der Waals surface area (Å²) in [6.07, 6.45) is 5.90. The highest BCUT2D eigenvalue weighted by Gasteiger charge is 2.17. The van der Waals surface area contributed by atoms with Crippen molar-refractivity contribution < 1.29 is 9.53 Å². The topological polar surface area (TPSA) is 63.6 Å². The number of nitrogens with one attached hydrogen (secondary N) is 1. The number of thioether (sulfide) groups is 1. The van der Waals surface area contributed by atoms with E-state index < -0.39 is 0 Å². The molecule has 158 valence electrons. The molecule has 1 aliphatic carbocycles. The zero-order chi connectivity index (χ0) is 20.1. The van der Waals surface area contributed by atoms with E-state index in [1.807, 2.05) is 36.4 Å². The van der Waals surface area contributed by atoms with E-state index in [2.05, 4.69) is 17.4 Å². The largest absolute Gasteiger partial charge is 0.468 e. The monoisotopic (exact) mass is 487 g/mol. The number of aromatic nitrogens is 1. The van der Waals surface area contributed by atoms with Gasteiger partial charge in [-0.15, -0.1) is 17.0 Å². The Morgan fingerprint density at radius 3 is 2.27 bits per heavy atom. The average Bonchev–Trinajstić information content (AvgIpc) is 2.77. The van der Waals surface area contributed by atoms with Crippen molar-refractivity contribution in [1.82, 2.24) is 4.98 Å². The number of carbonyl (C=O) groups excluding carboxylic acids is 1. The lowest BCUT2D eigenvalue weighted by Gasteiger charge is -2.20. The highest BCUT2D eigenvalue weighted by atomic mass is 79.9. The van der Waals surface area contributed by atoms with Crippen molar-refractivity contribution in [2.45, 2.75) is 38.1 Å². The molecule has 3 aromatic rings. The number of pyridine rings is 1. The van der Waals surface area contributed by atoms with Crippen LogP contribution in [0.4, 0.5) is 5.69 Å². The van der Waals surface area contributed by atoms with E-state index >= 15 is 0 Å². The molecule has 1 saturated carbocycles. The van der Waals surface area contributed by atoms with Gasteiger partial charge in [0.1, 0.15) is 0 Å². The zero-order valence-electron chi connectivity index (χ0n) is 17.0. The molecule has 0 saturated heterocycles. The van der Waals surface area contributed by atoms with E-state index in [4.69, 9.17) is 14.7 Å². The fourth-order valence-corrected chi connectivity index (χ4v) is 4.52. The number of esters is 1. The number of amidine groups is 1. The van der Waals surface area contributed by atoms with E-state index in [0.29, 0.717) is 6.04 Å². The molecule has 0 aliphatic heterocycles. The van der Waals surface area contributed by atoms with E-state index in [1.165, 1.54) is 38.1 Å². The Morgan fingerprint density at radius 2 is 1.67 bits per heavy atom. The second-order valence-corrected chi connectivity index (χ2v) is 8.20. The van der Waals surface area contributed by atoms with Crippen molar-refractivity contribution in [2.75, 3.05) is 18.2 Å². The summed E-state index contributed by atoms with van der Waals surface area (Å²) in [7, 11) is 1.41. The molecule has 0 atom stereocenters. The second-order valence-electron chi connectivity index (χ2n) is 7.24. The van der Waals surface area contributed by atoms with Crippen LogP contribution < -0.4 is 5.32 Å². The van der Waals surface area contributed by atoms with Crippen LogP contribution in [0.15, 0.2) is 53.5 Å². The van der Waals surface area contributed by atoms with Crippen LogP contribution in [-0.2, 0) is 9.53 Å². The number of rotatable bonds is 4. The lowest BCUT2D eigenvalue weighted by Crippen LogP contribution is -2.18. The van der Waals surface area contributed by atoms with Crippen LogP contribution in [0, 0.1) is 0 Å². The fraction of sp³-hybridized carbons (Fsp3) is 0.348. The number of anilines is 1. The van der Waals surface area contributed by atoms with Gasteiger partial charge in [0, 0.05) is 10.8 Å². The van der Waals surface area contributed by atoms with Gasteiger partial charge in [-0.2, -0.15) is 0 Å². The van der Waals surface area contributed by atoms with Crippen molar-refractivity contribution in [3.05, 3.63) is 48.5 Å². The summed E-state index contributed by atoms with van der Waals surface area (Å²) in [5.41, 5.74) is 2.85. The first-order valence-corrected chi connectivity index (χ1v) is 11.0. The SMILES string of the molecule is Br.COC(=O)CSC(=NC1CCCCC1)Nc1c2ccccc2nc2ccccc12. The molecule has 30 heavy (non-hydrogen) atoms. The van der Waals surface area contributed by atoms with Gasteiger partial charge in [0.2, 0.25) is 0 Å². The van der Waals surface area contributed by atoms with Crippen molar-refractivity contribution in [1.29, 1.82) is 0 Å². The van der Waals surface area contributed by atoms with Gasteiger partial charge >= 0.3 is 5.97 Å². The van der Waals surface area contributed by atoms with Gasteiger partial charge in [-0.25, -0.2) is 4.98 Å². The number of benzene rings is 2. The second kappa shape index (κ2) is 10.8. The predicted octanol–water partition coefficient (Wildman–Crippen LogP) is 5.97. The molecule has 4 rings (SSSR count). The minimum atomic E-state index is -0.252. The smallest absolute Gasteiger partial charge is 0.316 e. The lowest BCUT2D eigenvalue weighted by atomic mass is 9.96. The molecule has 0 spiro atoms. The van der Waals surface area contributed by atoms with Crippen LogP contribution >= 0.6 is 28.7 Å². The molecule has 2 aromatic carbocycles. The summed E-state index contributed by atoms with van der Waals surface area (Å²) in [5, 5.41) is 6.41. The Bertz CT molecular complexity index is 997. The summed E-state index contributed by atoms with van der Waals surface area (Å²) in [5.74, 6) is -0.0201. The van der Waals surface area contributed by atoms with Gasteiger partial charge in [0.25, 0.3) is 0 Å². The maximum atomic E-state index is 11.7. The van der Waals surface area contributed by atoms with Gasteiger partial charge < -0.3 is 10.1 Å². The number of ether oxygens (including phenoxy) is 1. The van der Waals surface area contributed by atoms with Crippen LogP contribution in [0.1, 0.15) is 32.1 Å². The van der Waals surface area contributed by atoms with Crippen molar-refractivity contribution in [2.24, 2.45) is 4.99 Å². The van der Waals surface area contributed by atoms with Crippen LogP contribution in [0.25, 0.3) is 21.8 Å². The van der Waals surface area contributed by atoms with Gasteiger partial charge in [-0.3, -0.25) is 9.79 Å². The first kappa shape index (κ1) is 22.6. The molecule has 1 N–H and O–H groups in total. The lowest BCUT2D eigenvalue weighted by molar-refractivity contribution is -0.137. The van der Waals surface area contributed by atoms with E-state index in [-0.39, 0.29) is 28.7 Å². The number of hydrogen-bond donors (Lipinski definition) is 1. The first-order chi connectivity index (χ1) is 14.2. The van der Waals surface area contributed by atoms with Gasteiger partial charge in [-0.05, 0) is 25.0 Å². The number of aliphatic imine (C=N–C) groups is 1. The minimum absolute atomic E-state index is 0. The summed E-state index contributed by atoms with van der Waals surface area (Å²) >= 11 is 1.40. The number of methoxy groups -OCH3 is 1. The van der Waals surface area contributed by atoms with Crippen molar-refractivity contribution in [3.8, 4) is 0 Å². The average molecular weight is 488 g/mol. The highest BCUT2D eigenvalue weighted by molar-refractivity contribution is 8.93. The minimum Gasteiger partial charge on any atom is -0.468 e. The molecule has 1 aliphatic rings. The number of hydrogen-bond acceptors (Lipinski definition) is 5. The third-order valence-electron chi connectivity index (χ3n) is 5.25. The molecule has 0 unspecified atom stereocenters. The number of halogens is 1. The molecular weight excluding hydrogens is 462 g/mol. The standard InChI is InChI=1S/C23H25N3O2S.BrH/c1-28-21(27)15-29-23(24-16-9-3-2-4-10-16)26-22-17-11-5-7-13-19(17)25-20-14-8-6-12-18(20)22;/h5-8,11-14,16H,2-4,9-10,15H2,1H3,(H,24,25,26);1H. The summed E-state index contributed by atoms with van der Waals surface area (Å²) in [6, 6.07) is 16.5. The van der Waals surface area contributed by atoms with Gasteiger partial charge in [0.05, 0.1) is 35.6 Å². The normalized spacial score (nSPS) is 15.0. The van der Waals surface area contributed by atoms with E-state index in [1.54, 1.807) is 0 Å². The molecule has 0 bridgehead atoms. The number of para-hydroxylation sites is 2. The Morgan fingerprint density at radius 1 is 1.07 bits per heavy atom. The number of nitrogens with zero attached hydrogens (tertiary/aromatic N) is 2. The van der Waals surface area contributed by atoms with Gasteiger partial charge in [-0.1, -0.05) is 67.4 Å². The third kappa shape index (κ3) is 5.32. The summed E-state index contributed by atoms with van der Waals surface area (Å²) in [6.45, 7) is 0. The zero-order valence-corrected chi connectivity index (χ0v) is 19.5. The van der Waals surface area contributed by atoms with Crippen LogP contribution in [0.5, 0.6) is 0 Å². The van der Waals surface area contributed by atoms with Crippen molar-refractivity contribution >= 4 is 67.4 Å². The predicted molar refractivity (Wildman–Crippen MR) is 132 cm³/mol. The molecule has 5 nitrogen and oxygen atoms in total. The Balaban J connectivity index is 0.00000256. The van der Waals surface area contributed by atoms with Crippen LogP contribution in [0.3, 0.4) is 0 Å². The molecule has 7 heteroatoms. The molecule has 1 heterocycles. The number of carbonyl (C=O) groups is 1. The maximum absolute atomic E-state index is 11.7. The first-order valence-electron chi connectivity index (χ1n) is 10.1. The molecular formula is C23H26BrN3O2S. The van der Waals surface area contributed by atoms with Crippen LogP contribution in [-0.4, -0.2) is 35.0 Å². The molecule has 1 fully saturated rings. The Hall–Kier alpha value is -2.12. The third-order valence-corrected chi connectivity index (χ3v) is 6.11. The summed E-state index contributed by atoms with van der Waals surface area (Å²) < 4.78 is 4.83. The summed E-state index contributed by atoms with van der Waals surface area (Å²) in [4.78, 5) is 21.5. The van der Waals surface area contributed by atoms with E-state index in [9.17, 15) is 4.79 Å². The fourth-order valence-electron chi connectivity index (χ4n) is 3.75. The Labute approximate surface area is 191 Å². The van der Waals surface area contributed by atoms with Gasteiger partial charge in [0.15, 0.2) is 5.17 Å². The Kier molecular flexibility index (Phi) is 8.10. The maximum Gasteiger partial charge on any atom is 0.316 e. The van der Waals surface area contributed by atoms with E-state index in [0.717, 1.165) is 45.5 Å². The molecule has 1 aromatic heterocycles. The van der Waals surface area contributed by atoms with Crippen LogP contribution in [0.2, 0.25) is 0 Å². The molecule has 0 radical (unpaired) electrons.